The molecule has 1 unspecified atom stereocenters. The second-order valence-electron chi connectivity index (χ2n) is 7.93. The lowest BCUT2D eigenvalue weighted by atomic mass is 9.99. The van der Waals surface area contributed by atoms with Gasteiger partial charge in [-0.25, -0.2) is 0 Å². The Bertz CT molecular complexity index is 1010. The molecule has 0 radical (unpaired) electrons. The normalized spacial score (nSPS) is 19.5. The summed E-state index contributed by atoms with van der Waals surface area (Å²) in [4.78, 5) is 5.06. The molecule has 2 aliphatic rings. The van der Waals surface area contributed by atoms with Gasteiger partial charge < -0.3 is 14.4 Å². The molecular formula is C23H27N3O2S. The summed E-state index contributed by atoms with van der Waals surface area (Å²) in [5.74, 6) is 3.43. The second-order valence-corrected chi connectivity index (χ2v) is 8.74. The monoisotopic (exact) mass is 409 g/mol. The van der Waals surface area contributed by atoms with Crippen LogP contribution in [0, 0.1) is 0 Å². The molecule has 1 aromatic heterocycles. The minimum atomic E-state index is 0.580. The first-order valence-corrected chi connectivity index (χ1v) is 11.1. The predicted octanol–water partition coefficient (Wildman–Crippen LogP) is 4.17. The topological polar surface area (TPSA) is 37.8 Å². The molecule has 152 valence electrons. The van der Waals surface area contributed by atoms with Crippen LogP contribution in [0.1, 0.15) is 23.5 Å². The highest BCUT2D eigenvalue weighted by Gasteiger charge is 2.28. The van der Waals surface area contributed by atoms with Crippen molar-refractivity contribution in [1.82, 2.24) is 9.27 Å². The molecule has 0 amide bonds. The van der Waals surface area contributed by atoms with E-state index >= 15 is 0 Å². The summed E-state index contributed by atoms with van der Waals surface area (Å²) in [5.41, 5.74) is 2.86. The predicted molar refractivity (Wildman–Crippen MR) is 119 cm³/mol. The first-order valence-electron chi connectivity index (χ1n) is 10.3. The van der Waals surface area contributed by atoms with E-state index in [0.717, 1.165) is 56.5 Å². The molecule has 0 bridgehead atoms. The van der Waals surface area contributed by atoms with Crippen molar-refractivity contribution >= 4 is 27.4 Å². The summed E-state index contributed by atoms with van der Waals surface area (Å²) in [7, 11) is 3.43. The molecule has 29 heavy (non-hydrogen) atoms. The molecular weight excluding hydrogens is 382 g/mol. The van der Waals surface area contributed by atoms with E-state index in [-0.39, 0.29) is 0 Å². The van der Waals surface area contributed by atoms with Crippen LogP contribution < -0.4 is 14.4 Å². The number of hydrogen-bond donors (Lipinski definition) is 0. The third-order valence-electron chi connectivity index (χ3n) is 6.36. The SMILES string of the molecule is COc1cc2c(cc1OC)C(CN1CCN(c3nsc4ccccc34)CC1)CC2. The Labute approximate surface area is 176 Å². The molecule has 5 nitrogen and oxygen atoms in total. The van der Waals surface area contributed by atoms with Crippen molar-refractivity contribution < 1.29 is 9.47 Å². The molecule has 0 saturated carbocycles. The average Bonchev–Trinajstić information content (AvgIpc) is 3.37. The van der Waals surface area contributed by atoms with Crippen LogP contribution in [-0.4, -0.2) is 56.2 Å². The number of hydrogen-bond acceptors (Lipinski definition) is 6. The van der Waals surface area contributed by atoms with Crippen molar-refractivity contribution in [2.45, 2.75) is 18.8 Å². The van der Waals surface area contributed by atoms with Gasteiger partial charge in [0.2, 0.25) is 0 Å². The number of aryl methyl sites for hydroxylation is 1. The first kappa shape index (κ1) is 18.7. The van der Waals surface area contributed by atoms with Gasteiger partial charge in [0.25, 0.3) is 0 Å². The minimum absolute atomic E-state index is 0.580. The summed E-state index contributed by atoms with van der Waals surface area (Å²) in [6.45, 7) is 5.38. The lowest BCUT2D eigenvalue weighted by Gasteiger charge is -2.36. The zero-order chi connectivity index (χ0) is 19.8. The Morgan fingerprint density at radius 1 is 1.03 bits per heavy atom. The van der Waals surface area contributed by atoms with Crippen LogP contribution in [0.3, 0.4) is 0 Å². The van der Waals surface area contributed by atoms with Crippen molar-refractivity contribution in [2.75, 3.05) is 51.8 Å². The number of aromatic nitrogens is 1. The molecule has 1 atom stereocenters. The lowest BCUT2D eigenvalue weighted by Crippen LogP contribution is -2.47. The average molecular weight is 410 g/mol. The van der Waals surface area contributed by atoms with Crippen molar-refractivity contribution in [3.63, 3.8) is 0 Å². The molecule has 1 aliphatic heterocycles. The van der Waals surface area contributed by atoms with E-state index in [1.54, 1.807) is 25.8 Å². The molecule has 2 heterocycles. The smallest absolute Gasteiger partial charge is 0.161 e. The number of nitrogens with zero attached hydrogens (tertiary/aromatic N) is 3. The van der Waals surface area contributed by atoms with Gasteiger partial charge in [0, 0.05) is 38.1 Å². The highest BCUT2D eigenvalue weighted by atomic mass is 32.1. The van der Waals surface area contributed by atoms with Gasteiger partial charge in [-0.15, -0.1) is 0 Å². The summed E-state index contributed by atoms with van der Waals surface area (Å²) >= 11 is 1.61. The fraction of sp³-hybridized carbons (Fsp3) is 0.435. The second kappa shape index (κ2) is 7.84. The molecule has 1 fully saturated rings. The maximum atomic E-state index is 5.54. The largest absolute Gasteiger partial charge is 0.493 e. The molecule has 3 aromatic rings. The molecule has 1 saturated heterocycles. The van der Waals surface area contributed by atoms with Gasteiger partial charge in [0.15, 0.2) is 11.5 Å². The molecule has 0 N–H and O–H groups in total. The Morgan fingerprint density at radius 2 is 1.79 bits per heavy atom. The van der Waals surface area contributed by atoms with Crippen LogP contribution in [-0.2, 0) is 6.42 Å². The summed E-state index contributed by atoms with van der Waals surface area (Å²) in [5, 5.41) is 1.29. The van der Waals surface area contributed by atoms with Gasteiger partial charge in [-0.1, -0.05) is 12.1 Å². The van der Waals surface area contributed by atoms with E-state index in [2.05, 4.69) is 46.2 Å². The molecule has 6 heteroatoms. The minimum Gasteiger partial charge on any atom is -0.493 e. The van der Waals surface area contributed by atoms with Crippen molar-refractivity contribution in [3.05, 3.63) is 47.5 Å². The van der Waals surface area contributed by atoms with Crippen molar-refractivity contribution in [1.29, 1.82) is 0 Å². The molecule has 5 rings (SSSR count). The first-order chi connectivity index (χ1) is 14.3. The number of piperazine rings is 1. The van der Waals surface area contributed by atoms with E-state index in [9.17, 15) is 0 Å². The Morgan fingerprint density at radius 3 is 2.59 bits per heavy atom. The van der Waals surface area contributed by atoms with Gasteiger partial charge in [-0.3, -0.25) is 4.90 Å². The van der Waals surface area contributed by atoms with E-state index in [0.29, 0.717) is 5.92 Å². The van der Waals surface area contributed by atoms with Crippen LogP contribution >= 0.6 is 11.5 Å². The Hall–Kier alpha value is -2.31. The van der Waals surface area contributed by atoms with Crippen LogP contribution in [0.15, 0.2) is 36.4 Å². The summed E-state index contributed by atoms with van der Waals surface area (Å²) in [6, 6.07) is 12.9. The third-order valence-corrected chi connectivity index (χ3v) is 7.17. The number of ether oxygens (including phenoxy) is 2. The standard InChI is InChI=1S/C23H27N3O2S/c1-27-20-13-16-7-8-17(19(16)14-21(20)28-2)15-25-9-11-26(12-10-25)23-18-5-3-4-6-22(18)29-24-23/h3-6,13-14,17H,7-12,15H2,1-2H3. The van der Waals surface area contributed by atoms with E-state index < -0.39 is 0 Å². The van der Waals surface area contributed by atoms with Crippen LogP contribution in [0.2, 0.25) is 0 Å². The molecule has 1 aliphatic carbocycles. The highest BCUT2D eigenvalue weighted by molar-refractivity contribution is 7.13. The molecule has 2 aromatic carbocycles. The van der Waals surface area contributed by atoms with Gasteiger partial charge in [-0.2, -0.15) is 4.37 Å². The highest BCUT2D eigenvalue weighted by Crippen LogP contribution is 2.41. The molecule has 0 spiro atoms. The van der Waals surface area contributed by atoms with Crippen molar-refractivity contribution in [2.24, 2.45) is 0 Å². The summed E-state index contributed by atoms with van der Waals surface area (Å²) < 4.78 is 17.0. The number of anilines is 1. The number of methoxy groups -OCH3 is 2. The summed E-state index contributed by atoms with van der Waals surface area (Å²) in [6.07, 6.45) is 2.34. The van der Waals surface area contributed by atoms with Crippen LogP contribution in [0.25, 0.3) is 10.1 Å². The fourth-order valence-electron chi connectivity index (χ4n) is 4.76. The Kier molecular flexibility index (Phi) is 5.06. The van der Waals surface area contributed by atoms with E-state index in [4.69, 9.17) is 13.8 Å². The van der Waals surface area contributed by atoms with Gasteiger partial charge in [-0.05, 0) is 65.7 Å². The van der Waals surface area contributed by atoms with Crippen molar-refractivity contribution in [3.8, 4) is 11.5 Å². The zero-order valence-electron chi connectivity index (χ0n) is 17.1. The van der Waals surface area contributed by atoms with E-state index in [1.165, 1.54) is 27.6 Å². The maximum Gasteiger partial charge on any atom is 0.161 e. The van der Waals surface area contributed by atoms with Crippen LogP contribution in [0.4, 0.5) is 5.82 Å². The number of rotatable bonds is 5. The van der Waals surface area contributed by atoms with Gasteiger partial charge >= 0.3 is 0 Å². The number of fused-ring (bicyclic) bond motifs is 2. The maximum absolute atomic E-state index is 5.54. The quantitative estimate of drug-likeness (QED) is 0.632. The van der Waals surface area contributed by atoms with Crippen LogP contribution in [0.5, 0.6) is 11.5 Å². The van der Waals surface area contributed by atoms with Gasteiger partial charge in [0.1, 0.15) is 5.82 Å². The number of benzene rings is 2. The van der Waals surface area contributed by atoms with E-state index in [1.807, 2.05) is 0 Å². The zero-order valence-corrected chi connectivity index (χ0v) is 17.9. The third kappa shape index (κ3) is 3.45. The lowest BCUT2D eigenvalue weighted by molar-refractivity contribution is 0.241. The fourth-order valence-corrected chi connectivity index (χ4v) is 5.56. The Balaban J connectivity index is 1.25. The van der Waals surface area contributed by atoms with Gasteiger partial charge in [0.05, 0.1) is 18.9 Å².